The number of sulfonamides is 1. The summed E-state index contributed by atoms with van der Waals surface area (Å²) in [4.78, 5) is 10.5. The number of carbonyl (C=O) groups excluding carboxylic acids is 1. The van der Waals surface area contributed by atoms with E-state index in [-0.39, 0.29) is 18.0 Å². The van der Waals surface area contributed by atoms with Gasteiger partial charge in [-0.05, 0) is 40.5 Å². The maximum atomic E-state index is 12.0. The number of carbonyl (C=O) groups is 1. The van der Waals surface area contributed by atoms with Gasteiger partial charge in [-0.25, -0.2) is 17.9 Å². The SMILES string of the molecule is Cc1cc(Br)c(N)cc1S(=O)(=O)NCCNC(N)=O. The van der Waals surface area contributed by atoms with Crippen LogP contribution in [-0.2, 0) is 10.0 Å². The predicted molar refractivity (Wildman–Crippen MR) is 76.1 cm³/mol. The molecule has 0 spiro atoms. The number of hydrogen-bond acceptors (Lipinski definition) is 4. The maximum Gasteiger partial charge on any atom is 0.312 e. The van der Waals surface area contributed by atoms with Gasteiger partial charge in [0.05, 0.1) is 4.90 Å². The second-order valence-corrected chi connectivity index (χ2v) is 6.42. The van der Waals surface area contributed by atoms with Crippen molar-refractivity contribution in [3.8, 4) is 0 Å². The molecule has 106 valence electrons. The largest absolute Gasteiger partial charge is 0.398 e. The first kappa shape index (κ1) is 15.7. The van der Waals surface area contributed by atoms with Crippen LogP contribution in [0.3, 0.4) is 0 Å². The summed E-state index contributed by atoms with van der Waals surface area (Å²) in [6.45, 7) is 1.82. The van der Waals surface area contributed by atoms with Gasteiger partial charge in [-0.15, -0.1) is 0 Å². The molecule has 1 aromatic carbocycles. The molecular formula is C10H15BrN4O3S. The van der Waals surface area contributed by atoms with Crippen molar-refractivity contribution in [1.82, 2.24) is 10.0 Å². The fraction of sp³-hybridized carbons (Fsp3) is 0.300. The van der Waals surface area contributed by atoms with E-state index < -0.39 is 16.1 Å². The van der Waals surface area contributed by atoms with Crippen molar-refractivity contribution in [3.05, 3.63) is 22.2 Å². The van der Waals surface area contributed by atoms with Crippen LogP contribution in [0.1, 0.15) is 5.56 Å². The Bertz CT molecular complexity index is 589. The Balaban J connectivity index is 2.83. The topological polar surface area (TPSA) is 127 Å². The number of nitrogens with one attached hydrogen (secondary N) is 2. The predicted octanol–water partition coefficient (Wildman–Crippen LogP) is 0.286. The van der Waals surface area contributed by atoms with E-state index in [1.165, 1.54) is 6.07 Å². The molecule has 0 heterocycles. The van der Waals surface area contributed by atoms with Gasteiger partial charge in [-0.3, -0.25) is 0 Å². The summed E-state index contributed by atoms with van der Waals surface area (Å²) in [7, 11) is -3.67. The van der Waals surface area contributed by atoms with Crippen LogP contribution in [0.2, 0.25) is 0 Å². The number of amides is 2. The second-order valence-electron chi connectivity index (χ2n) is 3.83. The average molecular weight is 351 g/mol. The van der Waals surface area contributed by atoms with Gasteiger partial charge in [0.2, 0.25) is 10.0 Å². The number of anilines is 1. The highest BCUT2D eigenvalue weighted by atomic mass is 79.9. The number of urea groups is 1. The van der Waals surface area contributed by atoms with Crippen LogP contribution in [0.5, 0.6) is 0 Å². The van der Waals surface area contributed by atoms with Crippen molar-refractivity contribution in [2.45, 2.75) is 11.8 Å². The van der Waals surface area contributed by atoms with Gasteiger partial charge < -0.3 is 16.8 Å². The van der Waals surface area contributed by atoms with Crippen LogP contribution in [0.15, 0.2) is 21.5 Å². The van der Waals surface area contributed by atoms with Crippen LogP contribution >= 0.6 is 15.9 Å². The van der Waals surface area contributed by atoms with Gasteiger partial charge in [0.25, 0.3) is 0 Å². The van der Waals surface area contributed by atoms with Crippen LogP contribution in [-0.4, -0.2) is 27.5 Å². The minimum atomic E-state index is -3.67. The summed E-state index contributed by atoms with van der Waals surface area (Å²) in [5.74, 6) is 0. The minimum Gasteiger partial charge on any atom is -0.398 e. The lowest BCUT2D eigenvalue weighted by Crippen LogP contribution is -2.37. The molecule has 0 unspecified atom stereocenters. The van der Waals surface area contributed by atoms with Crippen molar-refractivity contribution in [3.63, 3.8) is 0 Å². The van der Waals surface area contributed by atoms with Gasteiger partial charge >= 0.3 is 6.03 Å². The molecule has 1 aromatic rings. The normalized spacial score (nSPS) is 11.3. The molecule has 0 aliphatic rings. The Morgan fingerprint density at radius 2 is 2.00 bits per heavy atom. The lowest BCUT2D eigenvalue weighted by Gasteiger charge is -2.11. The number of nitrogens with two attached hydrogens (primary N) is 2. The molecule has 0 atom stereocenters. The first-order valence-electron chi connectivity index (χ1n) is 5.32. The van der Waals surface area contributed by atoms with Gasteiger partial charge in [-0.2, -0.15) is 0 Å². The zero-order valence-corrected chi connectivity index (χ0v) is 12.6. The van der Waals surface area contributed by atoms with Crippen LogP contribution < -0.4 is 21.5 Å². The van der Waals surface area contributed by atoms with E-state index in [9.17, 15) is 13.2 Å². The Hall–Kier alpha value is -1.32. The number of halogens is 1. The van der Waals surface area contributed by atoms with Crippen LogP contribution in [0.25, 0.3) is 0 Å². The van der Waals surface area contributed by atoms with E-state index in [2.05, 4.69) is 26.0 Å². The summed E-state index contributed by atoms with van der Waals surface area (Å²) in [6, 6.07) is 2.30. The van der Waals surface area contributed by atoms with E-state index in [1.807, 2.05) is 0 Å². The highest BCUT2D eigenvalue weighted by Crippen LogP contribution is 2.26. The molecule has 6 N–H and O–H groups in total. The third-order valence-electron chi connectivity index (χ3n) is 2.30. The smallest absolute Gasteiger partial charge is 0.312 e. The summed E-state index contributed by atoms with van der Waals surface area (Å²) in [5.41, 5.74) is 11.4. The summed E-state index contributed by atoms with van der Waals surface area (Å²) in [6.07, 6.45) is 0. The molecule has 9 heteroatoms. The van der Waals surface area contributed by atoms with Gasteiger partial charge in [-0.1, -0.05) is 0 Å². The second kappa shape index (κ2) is 6.22. The number of aryl methyl sites for hydroxylation is 1. The maximum absolute atomic E-state index is 12.0. The molecule has 19 heavy (non-hydrogen) atoms. The van der Waals surface area contributed by atoms with Crippen molar-refractivity contribution in [2.75, 3.05) is 18.8 Å². The highest BCUT2D eigenvalue weighted by Gasteiger charge is 2.17. The molecule has 7 nitrogen and oxygen atoms in total. The number of primary amides is 1. The molecule has 0 bridgehead atoms. The fourth-order valence-corrected chi connectivity index (χ4v) is 3.16. The lowest BCUT2D eigenvalue weighted by atomic mass is 10.2. The molecule has 1 rings (SSSR count). The Morgan fingerprint density at radius 3 is 2.58 bits per heavy atom. The van der Waals surface area contributed by atoms with Crippen molar-refractivity contribution in [1.29, 1.82) is 0 Å². The van der Waals surface area contributed by atoms with E-state index in [0.29, 0.717) is 15.7 Å². The Labute approximate surface area is 119 Å². The zero-order chi connectivity index (χ0) is 14.6. The number of nitrogen functional groups attached to an aromatic ring is 1. The highest BCUT2D eigenvalue weighted by molar-refractivity contribution is 9.10. The molecule has 0 aromatic heterocycles. The van der Waals surface area contributed by atoms with Crippen LogP contribution in [0, 0.1) is 6.92 Å². The van der Waals surface area contributed by atoms with E-state index >= 15 is 0 Å². The fourth-order valence-electron chi connectivity index (χ4n) is 1.41. The average Bonchev–Trinajstić information content (AvgIpc) is 2.29. The van der Waals surface area contributed by atoms with Crippen molar-refractivity contribution in [2.24, 2.45) is 5.73 Å². The molecule has 0 aliphatic heterocycles. The number of rotatable bonds is 5. The molecule has 2 amide bonds. The molecule has 0 aliphatic carbocycles. The minimum absolute atomic E-state index is 0.0423. The van der Waals surface area contributed by atoms with Gasteiger partial charge in [0, 0.05) is 23.2 Å². The first-order valence-corrected chi connectivity index (χ1v) is 7.60. The third-order valence-corrected chi connectivity index (χ3v) is 4.59. The van der Waals surface area contributed by atoms with E-state index in [4.69, 9.17) is 11.5 Å². The standard InChI is InChI=1S/C10H15BrN4O3S/c1-6-4-7(11)8(12)5-9(6)19(17,18)15-3-2-14-10(13)16/h4-5,15H,2-3,12H2,1H3,(H3,13,14,16). The van der Waals surface area contributed by atoms with Crippen molar-refractivity contribution >= 4 is 37.7 Å². The molecular weight excluding hydrogens is 336 g/mol. The van der Waals surface area contributed by atoms with Gasteiger partial charge in [0.1, 0.15) is 0 Å². The monoisotopic (exact) mass is 350 g/mol. The Morgan fingerprint density at radius 1 is 1.37 bits per heavy atom. The Kier molecular flexibility index (Phi) is 5.15. The van der Waals surface area contributed by atoms with Gasteiger partial charge in [0.15, 0.2) is 0 Å². The lowest BCUT2D eigenvalue weighted by molar-refractivity contribution is 0.249. The van der Waals surface area contributed by atoms with Crippen molar-refractivity contribution < 1.29 is 13.2 Å². The third kappa shape index (κ3) is 4.37. The number of hydrogen-bond donors (Lipinski definition) is 4. The first-order chi connectivity index (χ1) is 8.74. The molecule has 0 saturated carbocycles. The summed E-state index contributed by atoms with van der Waals surface area (Å²) >= 11 is 3.23. The summed E-state index contributed by atoms with van der Waals surface area (Å²) < 4.78 is 27.1. The van der Waals surface area contributed by atoms with E-state index in [1.54, 1.807) is 13.0 Å². The van der Waals surface area contributed by atoms with E-state index in [0.717, 1.165) is 0 Å². The number of benzene rings is 1. The molecule has 0 radical (unpaired) electrons. The molecule has 0 saturated heterocycles. The summed E-state index contributed by atoms with van der Waals surface area (Å²) in [5, 5.41) is 2.28. The van der Waals surface area contributed by atoms with Crippen LogP contribution in [0.4, 0.5) is 10.5 Å². The molecule has 0 fully saturated rings. The quantitative estimate of drug-likeness (QED) is 0.449. The zero-order valence-electron chi connectivity index (χ0n) is 10.2.